The van der Waals surface area contributed by atoms with Crippen LogP contribution in [-0.2, 0) is 0 Å². The zero-order chi connectivity index (χ0) is 18.1. The minimum atomic E-state index is 0.268. The van der Waals surface area contributed by atoms with Crippen LogP contribution >= 0.6 is 0 Å². The summed E-state index contributed by atoms with van der Waals surface area (Å²) in [5, 5.41) is 4.75. The highest BCUT2D eigenvalue weighted by atomic mass is 15.3. The summed E-state index contributed by atoms with van der Waals surface area (Å²) in [6.07, 6.45) is 6.86. The Morgan fingerprint density at radius 1 is 1.08 bits per heavy atom. The van der Waals surface area contributed by atoms with E-state index in [1.54, 1.807) is 6.33 Å². The zero-order valence-corrected chi connectivity index (χ0v) is 16.3. The minimum Gasteiger partial charge on any atom is -0.368 e. The molecule has 2 fully saturated rings. The summed E-state index contributed by atoms with van der Waals surface area (Å²) in [5.41, 5.74) is 3.25. The molecule has 0 atom stereocenters. The van der Waals surface area contributed by atoms with Crippen LogP contribution in [0.25, 0.3) is 11.0 Å². The topological polar surface area (TPSA) is 57.2 Å². The summed E-state index contributed by atoms with van der Waals surface area (Å²) >= 11 is 0. The first-order valence-corrected chi connectivity index (χ1v) is 9.84. The number of likely N-dealkylation sites (N-methyl/N-ethyl adjacent to an activating group) is 1. The maximum Gasteiger partial charge on any atom is 0.165 e. The van der Waals surface area contributed by atoms with E-state index in [-0.39, 0.29) is 5.54 Å². The Balaban J connectivity index is 1.58. The lowest BCUT2D eigenvalue weighted by molar-refractivity contribution is 0.0511. The number of nitrogens with one attached hydrogen (secondary N) is 1. The van der Waals surface area contributed by atoms with E-state index in [2.05, 4.69) is 50.1 Å². The first-order chi connectivity index (χ1) is 12.6. The monoisotopic (exact) mass is 354 g/mol. The van der Waals surface area contributed by atoms with Crippen LogP contribution in [0.2, 0.25) is 0 Å². The van der Waals surface area contributed by atoms with E-state index in [1.165, 1.54) is 57.4 Å². The molecule has 0 radical (unpaired) electrons. The number of nitrogens with zero attached hydrogens (tertiary/aromatic N) is 5. The fourth-order valence-corrected chi connectivity index (χ4v) is 4.71. The second-order valence-electron chi connectivity index (χ2n) is 8.08. The SMILES string of the molecule is Cc1cc(C)c2c(NCC3(N4CCN(C)CC4)CCCC3)ncnc2n1. The molecule has 0 spiro atoms. The summed E-state index contributed by atoms with van der Waals surface area (Å²) in [4.78, 5) is 18.7. The van der Waals surface area contributed by atoms with Gasteiger partial charge in [0.2, 0.25) is 0 Å². The minimum absolute atomic E-state index is 0.268. The normalized spacial score (nSPS) is 21.3. The van der Waals surface area contributed by atoms with Crippen molar-refractivity contribution in [1.82, 2.24) is 24.8 Å². The first kappa shape index (κ1) is 17.6. The van der Waals surface area contributed by atoms with E-state index in [1.807, 2.05) is 6.92 Å². The molecule has 1 saturated carbocycles. The van der Waals surface area contributed by atoms with E-state index in [0.717, 1.165) is 29.1 Å². The van der Waals surface area contributed by atoms with E-state index < -0.39 is 0 Å². The predicted octanol–water partition coefficient (Wildman–Crippen LogP) is 2.61. The van der Waals surface area contributed by atoms with Gasteiger partial charge in [0.05, 0.1) is 5.39 Å². The maximum absolute atomic E-state index is 4.59. The van der Waals surface area contributed by atoms with Gasteiger partial charge in [-0.15, -0.1) is 0 Å². The quantitative estimate of drug-likeness (QED) is 0.911. The number of hydrogen-bond donors (Lipinski definition) is 1. The van der Waals surface area contributed by atoms with Gasteiger partial charge in [-0.1, -0.05) is 12.8 Å². The number of aryl methyl sites for hydroxylation is 2. The molecule has 0 aromatic carbocycles. The van der Waals surface area contributed by atoms with Crippen molar-refractivity contribution >= 4 is 16.9 Å². The lowest BCUT2D eigenvalue weighted by Gasteiger charge is -2.45. The number of rotatable bonds is 4. The number of piperazine rings is 1. The van der Waals surface area contributed by atoms with Crippen LogP contribution < -0.4 is 5.32 Å². The van der Waals surface area contributed by atoms with Crippen molar-refractivity contribution in [2.24, 2.45) is 0 Å². The van der Waals surface area contributed by atoms with Gasteiger partial charge >= 0.3 is 0 Å². The number of anilines is 1. The average molecular weight is 355 g/mol. The van der Waals surface area contributed by atoms with Gasteiger partial charge in [0.1, 0.15) is 12.1 Å². The summed E-state index contributed by atoms with van der Waals surface area (Å²) in [5.74, 6) is 0.931. The van der Waals surface area contributed by atoms with E-state index in [0.29, 0.717) is 0 Å². The first-order valence-electron chi connectivity index (χ1n) is 9.84. The maximum atomic E-state index is 4.59. The Morgan fingerprint density at radius 3 is 2.54 bits per heavy atom. The van der Waals surface area contributed by atoms with Crippen molar-refractivity contribution in [2.75, 3.05) is 45.1 Å². The molecule has 1 N–H and O–H groups in total. The average Bonchev–Trinajstić information content (AvgIpc) is 3.10. The number of hydrogen-bond acceptors (Lipinski definition) is 6. The number of pyridine rings is 1. The molecule has 4 rings (SSSR count). The van der Waals surface area contributed by atoms with E-state index in [4.69, 9.17) is 0 Å². The van der Waals surface area contributed by atoms with Crippen LogP contribution in [0.4, 0.5) is 5.82 Å². The van der Waals surface area contributed by atoms with Crippen LogP contribution in [0.15, 0.2) is 12.4 Å². The molecule has 6 nitrogen and oxygen atoms in total. The van der Waals surface area contributed by atoms with E-state index >= 15 is 0 Å². The van der Waals surface area contributed by atoms with Gasteiger partial charge in [-0.25, -0.2) is 15.0 Å². The van der Waals surface area contributed by atoms with Crippen LogP contribution in [-0.4, -0.2) is 70.1 Å². The number of aromatic nitrogens is 3. The molecule has 140 valence electrons. The molecule has 0 bridgehead atoms. The summed E-state index contributed by atoms with van der Waals surface area (Å²) in [6, 6.07) is 2.11. The second-order valence-corrected chi connectivity index (χ2v) is 8.08. The van der Waals surface area contributed by atoms with Crippen molar-refractivity contribution in [3.8, 4) is 0 Å². The van der Waals surface area contributed by atoms with E-state index in [9.17, 15) is 0 Å². The molecule has 0 unspecified atom stereocenters. The molecule has 26 heavy (non-hydrogen) atoms. The molecule has 1 saturated heterocycles. The molecule has 3 heterocycles. The van der Waals surface area contributed by atoms with Crippen molar-refractivity contribution in [3.05, 3.63) is 23.7 Å². The third-order valence-corrected chi connectivity index (χ3v) is 6.22. The Hall–Kier alpha value is -1.79. The van der Waals surface area contributed by atoms with Crippen molar-refractivity contribution in [1.29, 1.82) is 0 Å². The van der Waals surface area contributed by atoms with Gasteiger partial charge in [0.25, 0.3) is 0 Å². The fraction of sp³-hybridized carbons (Fsp3) is 0.650. The smallest absolute Gasteiger partial charge is 0.165 e. The van der Waals surface area contributed by atoms with Crippen molar-refractivity contribution in [2.45, 2.75) is 45.1 Å². The summed E-state index contributed by atoms with van der Waals surface area (Å²) < 4.78 is 0. The largest absolute Gasteiger partial charge is 0.368 e. The summed E-state index contributed by atoms with van der Waals surface area (Å²) in [7, 11) is 2.22. The number of fused-ring (bicyclic) bond motifs is 1. The van der Waals surface area contributed by atoms with Crippen LogP contribution in [0, 0.1) is 13.8 Å². The molecule has 2 aromatic rings. The molecule has 1 aliphatic heterocycles. The lowest BCUT2D eigenvalue weighted by atomic mass is 9.93. The molecular formula is C20H30N6. The third-order valence-electron chi connectivity index (χ3n) is 6.22. The van der Waals surface area contributed by atoms with Crippen LogP contribution in [0.3, 0.4) is 0 Å². The molecule has 1 aliphatic carbocycles. The van der Waals surface area contributed by atoms with Crippen LogP contribution in [0.5, 0.6) is 0 Å². The highest BCUT2D eigenvalue weighted by Gasteiger charge is 2.40. The molecule has 2 aliphatic rings. The van der Waals surface area contributed by atoms with Gasteiger partial charge in [0, 0.05) is 44.0 Å². The van der Waals surface area contributed by atoms with Crippen molar-refractivity contribution in [3.63, 3.8) is 0 Å². The molecule has 6 heteroatoms. The van der Waals surface area contributed by atoms with Gasteiger partial charge in [0.15, 0.2) is 5.65 Å². The zero-order valence-electron chi connectivity index (χ0n) is 16.3. The molecule has 0 amide bonds. The highest BCUT2D eigenvalue weighted by Crippen LogP contribution is 2.36. The Kier molecular flexibility index (Phi) is 4.80. The lowest BCUT2D eigenvalue weighted by Crippen LogP contribution is -2.58. The van der Waals surface area contributed by atoms with Gasteiger partial charge in [-0.3, -0.25) is 4.90 Å². The molecule has 2 aromatic heterocycles. The second kappa shape index (κ2) is 7.08. The Bertz CT molecular complexity index is 775. The predicted molar refractivity (Wildman–Crippen MR) is 106 cm³/mol. The van der Waals surface area contributed by atoms with Gasteiger partial charge in [-0.2, -0.15) is 0 Å². The Morgan fingerprint density at radius 2 is 1.81 bits per heavy atom. The summed E-state index contributed by atoms with van der Waals surface area (Å²) in [6.45, 7) is 9.77. The standard InChI is InChI=1S/C20H30N6/c1-15-12-16(2)24-19-17(15)18(22-14-23-19)21-13-20(6-4-5-7-20)26-10-8-25(3)9-11-26/h12,14H,4-11,13H2,1-3H3,(H,21,22,23,24). The van der Waals surface area contributed by atoms with Crippen LogP contribution in [0.1, 0.15) is 36.9 Å². The fourth-order valence-electron chi connectivity index (χ4n) is 4.71. The van der Waals surface area contributed by atoms with Crippen molar-refractivity contribution < 1.29 is 0 Å². The Labute approximate surface area is 156 Å². The van der Waals surface area contributed by atoms with Gasteiger partial charge in [-0.05, 0) is 45.4 Å². The molecular weight excluding hydrogens is 324 g/mol. The third kappa shape index (κ3) is 3.28. The highest BCUT2D eigenvalue weighted by molar-refractivity contribution is 5.89. The van der Waals surface area contributed by atoms with Gasteiger partial charge < -0.3 is 10.2 Å².